The van der Waals surface area contributed by atoms with Crippen LogP contribution >= 0.6 is 15.9 Å². The van der Waals surface area contributed by atoms with Gasteiger partial charge in [0.15, 0.2) is 17.3 Å². The lowest BCUT2D eigenvalue weighted by Crippen LogP contribution is -2.38. The molecule has 0 radical (unpaired) electrons. The van der Waals surface area contributed by atoms with E-state index in [1.54, 1.807) is 12.1 Å². The van der Waals surface area contributed by atoms with Crippen LogP contribution in [-0.4, -0.2) is 36.3 Å². The van der Waals surface area contributed by atoms with Gasteiger partial charge in [-0.15, -0.1) is 0 Å². The Morgan fingerprint density at radius 1 is 1.03 bits per heavy atom. The van der Waals surface area contributed by atoms with Crippen molar-refractivity contribution < 1.29 is 24.2 Å². The topological polar surface area (TPSA) is 85.2 Å². The molecule has 0 bridgehead atoms. The summed E-state index contributed by atoms with van der Waals surface area (Å²) in [7, 11) is 1.47. The minimum Gasteiger partial charge on any atom is -0.503 e. The first-order valence-corrected chi connectivity index (χ1v) is 13.8. The average Bonchev–Trinajstić information content (AvgIpc) is 2.94. The number of benzene rings is 3. The number of carbonyl (C=O) groups is 2. The Balaban J connectivity index is 1.52. The molecule has 0 fully saturated rings. The molecule has 0 spiro atoms. The minimum atomic E-state index is -0.780. The molecular weight excluding hydrogens is 558 g/mol. The number of rotatable bonds is 7. The largest absolute Gasteiger partial charge is 0.503 e. The van der Waals surface area contributed by atoms with Gasteiger partial charge in [0.1, 0.15) is 5.92 Å². The fraction of sp³-hybridized carbons (Fsp3) is 0.281. The number of esters is 1. The van der Waals surface area contributed by atoms with Gasteiger partial charge in [0, 0.05) is 35.7 Å². The Labute approximate surface area is 236 Å². The summed E-state index contributed by atoms with van der Waals surface area (Å²) in [6, 6.07) is 23.2. The highest BCUT2D eigenvalue weighted by atomic mass is 79.9. The van der Waals surface area contributed by atoms with Gasteiger partial charge in [-0.3, -0.25) is 14.6 Å². The first-order valence-electron chi connectivity index (χ1n) is 13.0. The van der Waals surface area contributed by atoms with E-state index >= 15 is 0 Å². The second-order valence-corrected chi connectivity index (χ2v) is 10.8. The van der Waals surface area contributed by atoms with Crippen LogP contribution in [0.25, 0.3) is 0 Å². The summed E-state index contributed by atoms with van der Waals surface area (Å²) >= 11 is 3.41. The number of carbonyl (C=O) groups excluding carboxylic acids is 2. The summed E-state index contributed by atoms with van der Waals surface area (Å²) in [6.07, 6.45) is 1.52. The number of ether oxygens (including phenoxy) is 2. The number of allylic oxidation sites excluding steroid dienone is 2. The van der Waals surface area contributed by atoms with Gasteiger partial charge in [-0.2, -0.15) is 0 Å². The monoisotopic (exact) mass is 587 g/mol. The van der Waals surface area contributed by atoms with Crippen molar-refractivity contribution in [1.29, 1.82) is 0 Å². The van der Waals surface area contributed by atoms with E-state index < -0.39 is 17.8 Å². The number of aromatic hydroxyl groups is 1. The molecule has 1 N–H and O–H groups in total. The molecule has 1 unspecified atom stereocenters. The van der Waals surface area contributed by atoms with Gasteiger partial charge in [0.25, 0.3) is 0 Å². The highest BCUT2D eigenvalue weighted by Gasteiger charge is 2.45. The molecule has 1 aliphatic carbocycles. The molecule has 7 heteroatoms. The maximum absolute atomic E-state index is 13.8. The fourth-order valence-electron chi connectivity index (χ4n) is 5.62. The maximum Gasteiger partial charge on any atom is 0.315 e. The molecule has 0 aromatic heterocycles. The molecule has 1 heterocycles. The molecule has 5 rings (SSSR count). The minimum absolute atomic E-state index is 0.0186. The Morgan fingerprint density at radius 2 is 1.72 bits per heavy atom. The standard InChI is InChI=1S/C32H30BrNO5/c1-19-28(32(37)39-14-13-20-9-5-3-6-10-20)29(23-15-24(33)31(36)27(18-23)38-2)30-25(34-19)16-22(17-26(30)35)21-11-7-4-8-12-21/h3-12,15,18,22,28-29,36H,13-14,16-17H2,1-2H3/t22-,28?,29-/m0/s1. The van der Waals surface area contributed by atoms with Crippen molar-refractivity contribution in [3.63, 3.8) is 0 Å². The maximum atomic E-state index is 13.8. The molecule has 1 aliphatic heterocycles. The summed E-state index contributed by atoms with van der Waals surface area (Å²) in [5.41, 5.74) is 4.69. The molecule has 2 aliphatic rings. The Morgan fingerprint density at radius 3 is 2.41 bits per heavy atom. The van der Waals surface area contributed by atoms with E-state index in [9.17, 15) is 14.7 Å². The second kappa shape index (κ2) is 11.6. The number of hydrogen-bond acceptors (Lipinski definition) is 6. The van der Waals surface area contributed by atoms with Gasteiger partial charge < -0.3 is 14.6 Å². The van der Waals surface area contributed by atoms with Crippen LogP contribution in [0.15, 0.2) is 93.5 Å². The van der Waals surface area contributed by atoms with Crippen LogP contribution in [0.1, 0.15) is 48.3 Å². The van der Waals surface area contributed by atoms with E-state index in [4.69, 9.17) is 14.5 Å². The number of phenols is 1. The Hall–Kier alpha value is -3.71. The van der Waals surface area contributed by atoms with Crippen molar-refractivity contribution in [2.75, 3.05) is 13.7 Å². The van der Waals surface area contributed by atoms with Crippen molar-refractivity contribution in [1.82, 2.24) is 0 Å². The van der Waals surface area contributed by atoms with Crippen LogP contribution in [0.3, 0.4) is 0 Å². The third-order valence-electron chi connectivity index (χ3n) is 7.52. The SMILES string of the molecule is COc1cc([C@@H]2C3=C(C[C@H](c4ccccc4)CC3=O)N=C(C)C2C(=O)OCCc2ccccc2)cc(Br)c1O. The zero-order valence-corrected chi connectivity index (χ0v) is 23.5. The predicted molar refractivity (Wildman–Crippen MR) is 153 cm³/mol. The van der Waals surface area contributed by atoms with Crippen molar-refractivity contribution in [3.05, 3.63) is 105 Å². The second-order valence-electron chi connectivity index (χ2n) is 9.96. The molecule has 39 heavy (non-hydrogen) atoms. The van der Waals surface area contributed by atoms with Crippen LogP contribution in [0.2, 0.25) is 0 Å². The summed E-state index contributed by atoms with van der Waals surface area (Å²) in [6.45, 7) is 2.04. The van der Waals surface area contributed by atoms with Crippen LogP contribution < -0.4 is 4.74 Å². The Kier molecular flexibility index (Phi) is 7.98. The van der Waals surface area contributed by atoms with Crippen LogP contribution in [0, 0.1) is 5.92 Å². The smallest absolute Gasteiger partial charge is 0.315 e. The first-order chi connectivity index (χ1) is 18.9. The van der Waals surface area contributed by atoms with E-state index in [1.807, 2.05) is 67.6 Å². The van der Waals surface area contributed by atoms with Gasteiger partial charge >= 0.3 is 5.97 Å². The lowest BCUT2D eigenvalue weighted by atomic mass is 9.69. The fourth-order valence-corrected chi connectivity index (χ4v) is 6.08. The van der Waals surface area contributed by atoms with Crippen LogP contribution in [-0.2, 0) is 20.7 Å². The van der Waals surface area contributed by atoms with Crippen LogP contribution in [0.5, 0.6) is 11.5 Å². The summed E-state index contributed by atoms with van der Waals surface area (Å²) in [5, 5.41) is 10.5. The van der Waals surface area contributed by atoms with E-state index in [-0.39, 0.29) is 29.8 Å². The van der Waals surface area contributed by atoms with Crippen molar-refractivity contribution >= 4 is 33.4 Å². The number of nitrogens with zero attached hydrogens (tertiary/aromatic N) is 1. The zero-order valence-electron chi connectivity index (χ0n) is 21.9. The summed E-state index contributed by atoms with van der Waals surface area (Å²) in [5.74, 6) is -1.62. The number of aliphatic imine (C=N–C) groups is 1. The van der Waals surface area contributed by atoms with Gasteiger partial charge in [-0.1, -0.05) is 60.7 Å². The van der Waals surface area contributed by atoms with E-state index in [0.29, 0.717) is 46.3 Å². The normalized spacial score (nSPS) is 20.7. The molecular formula is C32H30BrNO5. The van der Waals surface area contributed by atoms with Crippen molar-refractivity contribution in [2.45, 2.75) is 38.0 Å². The molecule has 0 saturated heterocycles. The van der Waals surface area contributed by atoms with E-state index in [2.05, 4.69) is 15.9 Å². The molecule has 3 aromatic carbocycles. The number of methoxy groups -OCH3 is 1. The number of phenolic OH excluding ortho intramolecular Hbond substituents is 1. The molecule has 200 valence electrons. The van der Waals surface area contributed by atoms with E-state index in [1.165, 1.54) is 7.11 Å². The average molecular weight is 588 g/mol. The summed E-state index contributed by atoms with van der Waals surface area (Å²) in [4.78, 5) is 32.3. The number of ketones is 1. The zero-order chi connectivity index (χ0) is 27.5. The lowest BCUT2D eigenvalue weighted by Gasteiger charge is -2.36. The van der Waals surface area contributed by atoms with Gasteiger partial charge in [-0.05, 0) is 64.0 Å². The highest BCUT2D eigenvalue weighted by molar-refractivity contribution is 9.10. The summed E-state index contributed by atoms with van der Waals surface area (Å²) < 4.78 is 11.6. The number of Topliss-reactive ketones (excluding diaryl/α,β-unsaturated/α-hetero) is 1. The Bertz CT molecular complexity index is 1450. The first kappa shape index (κ1) is 26.9. The van der Waals surface area contributed by atoms with Gasteiger partial charge in [0.05, 0.1) is 18.2 Å². The highest BCUT2D eigenvalue weighted by Crippen LogP contribution is 2.49. The molecule has 3 aromatic rings. The van der Waals surface area contributed by atoms with Crippen molar-refractivity contribution in [2.24, 2.45) is 10.9 Å². The molecule has 0 saturated carbocycles. The quantitative estimate of drug-likeness (QED) is 0.318. The van der Waals surface area contributed by atoms with Crippen molar-refractivity contribution in [3.8, 4) is 11.5 Å². The van der Waals surface area contributed by atoms with Gasteiger partial charge in [0.2, 0.25) is 0 Å². The lowest BCUT2D eigenvalue weighted by molar-refractivity contribution is -0.146. The molecule has 3 atom stereocenters. The van der Waals surface area contributed by atoms with Gasteiger partial charge in [-0.25, -0.2) is 0 Å². The van der Waals surface area contributed by atoms with E-state index in [0.717, 1.165) is 11.1 Å². The predicted octanol–water partition coefficient (Wildman–Crippen LogP) is 6.52. The molecule has 0 amide bonds. The van der Waals surface area contributed by atoms with Crippen LogP contribution in [0.4, 0.5) is 0 Å². The third-order valence-corrected chi connectivity index (χ3v) is 8.13. The molecule has 6 nitrogen and oxygen atoms in total. The number of hydrogen-bond donors (Lipinski definition) is 1. The number of halogens is 1. The third kappa shape index (κ3) is 5.55.